The molecule has 2 nitrogen and oxygen atoms in total. The molecule has 0 fully saturated rings. The third-order valence-electron chi connectivity index (χ3n) is 9.54. The fraction of sp³-hybridized carbons (Fsp3) is 0.0769. The summed E-state index contributed by atoms with van der Waals surface area (Å²) in [6.45, 7) is 4.73. The van der Waals surface area contributed by atoms with Crippen molar-refractivity contribution in [2.75, 3.05) is 0 Å². The van der Waals surface area contributed by atoms with Gasteiger partial charge >= 0.3 is 0 Å². The molecule has 0 saturated carbocycles. The monoisotopic (exact) mass is 836 g/mol. The molecule has 0 N–H and O–H groups in total. The zero-order valence-corrected chi connectivity index (χ0v) is 30.6. The van der Waals surface area contributed by atoms with E-state index in [9.17, 15) is 0 Å². The lowest BCUT2D eigenvalue weighted by molar-refractivity contribution is 0.659. The number of hydrogen-bond donors (Lipinski definition) is 0. The Balaban J connectivity index is 1.23. The Morgan fingerprint density at radius 3 is 1.02 bits per heavy atom. The lowest BCUT2D eigenvalue weighted by Crippen LogP contribution is -2.16. The zero-order chi connectivity index (χ0) is 30.8. The minimum atomic E-state index is -0.174. The minimum absolute atomic E-state index is 0.174. The largest absolute Gasteiger partial charge is 0.309 e. The van der Waals surface area contributed by atoms with Crippen LogP contribution in [0.4, 0.5) is 0 Å². The molecule has 6 aromatic carbocycles. The van der Waals surface area contributed by atoms with Crippen LogP contribution in [0.2, 0.25) is 0 Å². The van der Waals surface area contributed by atoms with Crippen molar-refractivity contribution >= 4 is 107 Å². The van der Waals surface area contributed by atoms with Gasteiger partial charge in [-0.1, -0.05) is 89.7 Å². The maximum Gasteiger partial charge on any atom is 0.0541 e. The highest BCUT2D eigenvalue weighted by Gasteiger charge is 2.36. The van der Waals surface area contributed by atoms with E-state index in [1.54, 1.807) is 0 Å². The first-order valence-electron chi connectivity index (χ1n) is 14.8. The molecule has 2 aromatic heterocycles. The van der Waals surface area contributed by atoms with Crippen molar-refractivity contribution in [3.63, 3.8) is 0 Å². The second kappa shape index (κ2) is 9.92. The van der Waals surface area contributed by atoms with Crippen LogP contribution in [0.15, 0.2) is 127 Å². The third kappa shape index (κ3) is 4.08. The SMILES string of the molecule is CC1(C)c2cc(-n3c4ccc(Br)cc4c4cc(Br)ccc43)ccc2-c2ccc(-n3c4ccc(Br)cc4c4cc(Br)ccc43)cc21. The average molecular weight is 840 g/mol. The molecule has 0 spiro atoms. The van der Waals surface area contributed by atoms with Gasteiger partial charge in [-0.15, -0.1) is 0 Å². The van der Waals surface area contributed by atoms with E-state index in [0.29, 0.717) is 0 Å². The van der Waals surface area contributed by atoms with Crippen LogP contribution in [0.1, 0.15) is 25.0 Å². The second-order valence-corrected chi connectivity index (χ2v) is 16.1. The van der Waals surface area contributed by atoms with Crippen molar-refractivity contribution in [3.05, 3.63) is 138 Å². The molecular formula is C39H24Br4N2. The number of benzene rings is 6. The Morgan fingerprint density at radius 2 is 0.711 bits per heavy atom. The van der Waals surface area contributed by atoms with Crippen molar-refractivity contribution in [1.29, 1.82) is 0 Å². The molecule has 0 atom stereocenters. The molecule has 8 aromatic rings. The molecular weight excluding hydrogens is 816 g/mol. The molecule has 1 aliphatic carbocycles. The predicted molar refractivity (Wildman–Crippen MR) is 203 cm³/mol. The first-order valence-corrected chi connectivity index (χ1v) is 17.9. The predicted octanol–water partition coefficient (Wildman–Crippen LogP) is 13.2. The Bertz CT molecular complexity index is 2270. The van der Waals surface area contributed by atoms with E-state index in [0.717, 1.165) is 17.9 Å². The van der Waals surface area contributed by atoms with E-state index in [2.05, 4.69) is 196 Å². The van der Waals surface area contributed by atoms with Gasteiger partial charge in [0.1, 0.15) is 0 Å². The maximum absolute atomic E-state index is 3.70. The van der Waals surface area contributed by atoms with Gasteiger partial charge in [0.05, 0.1) is 22.1 Å². The van der Waals surface area contributed by atoms with Crippen molar-refractivity contribution in [3.8, 4) is 22.5 Å². The Hall–Kier alpha value is -3.16. The summed E-state index contributed by atoms with van der Waals surface area (Å²) in [5, 5.41) is 4.94. The summed E-state index contributed by atoms with van der Waals surface area (Å²) >= 11 is 14.8. The van der Waals surface area contributed by atoms with Crippen molar-refractivity contribution in [2.24, 2.45) is 0 Å². The van der Waals surface area contributed by atoms with Crippen molar-refractivity contribution in [2.45, 2.75) is 19.3 Å². The summed E-state index contributed by atoms with van der Waals surface area (Å²) in [6, 6.07) is 40.3. The van der Waals surface area contributed by atoms with Gasteiger partial charge < -0.3 is 9.13 Å². The Labute approximate surface area is 294 Å². The lowest BCUT2D eigenvalue weighted by atomic mass is 9.82. The number of halogens is 4. The molecule has 0 amide bonds. The molecule has 0 radical (unpaired) electrons. The van der Waals surface area contributed by atoms with E-state index >= 15 is 0 Å². The van der Waals surface area contributed by atoms with Crippen molar-refractivity contribution in [1.82, 2.24) is 9.13 Å². The Morgan fingerprint density at radius 1 is 0.400 bits per heavy atom. The van der Waals surface area contributed by atoms with Gasteiger partial charge in [-0.3, -0.25) is 0 Å². The number of hydrogen-bond acceptors (Lipinski definition) is 0. The topological polar surface area (TPSA) is 9.86 Å². The highest BCUT2D eigenvalue weighted by molar-refractivity contribution is 9.11. The van der Waals surface area contributed by atoms with E-state index in [4.69, 9.17) is 0 Å². The summed E-state index contributed by atoms with van der Waals surface area (Å²) in [5.74, 6) is 0. The van der Waals surface area contributed by atoms with Crippen LogP contribution in [0.3, 0.4) is 0 Å². The van der Waals surface area contributed by atoms with Crippen LogP contribution in [-0.4, -0.2) is 9.13 Å². The van der Waals surface area contributed by atoms with E-state index in [1.165, 1.54) is 77.2 Å². The molecule has 0 aliphatic heterocycles. The van der Waals surface area contributed by atoms with Crippen LogP contribution in [0, 0.1) is 0 Å². The highest BCUT2D eigenvalue weighted by Crippen LogP contribution is 2.51. The van der Waals surface area contributed by atoms with Gasteiger partial charge in [-0.05, 0) is 119 Å². The number of fused-ring (bicyclic) bond motifs is 9. The van der Waals surface area contributed by atoms with Crippen molar-refractivity contribution < 1.29 is 0 Å². The quantitative estimate of drug-likeness (QED) is 0.164. The molecule has 6 heteroatoms. The summed E-state index contributed by atoms with van der Waals surface area (Å²) < 4.78 is 9.14. The molecule has 218 valence electrons. The summed E-state index contributed by atoms with van der Waals surface area (Å²) in [6.07, 6.45) is 0. The average Bonchev–Trinajstić information content (AvgIpc) is 3.59. The van der Waals surface area contributed by atoms with Crippen LogP contribution in [0.25, 0.3) is 66.1 Å². The molecule has 45 heavy (non-hydrogen) atoms. The van der Waals surface area contributed by atoms with Gasteiger partial charge in [0.25, 0.3) is 0 Å². The molecule has 0 saturated heterocycles. The second-order valence-electron chi connectivity index (χ2n) is 12.4. The maximum atomic E-state index is 3.70. The van der Waals surface area contributed by atoms with Gasteiger partial charge in [0.2, 0.25) is 0 Å². The standard InChI is InChI=1S/C39H24Br4N2/c1-39(2)33-19-25(44-35-11-3-21(40)15-29(35)30-16-22(41)4-12-36(30)44)7-9-27(33)28-10-8-26(20-34(28)39)45-37-13-5-23(42)17-31(37)32-18-24(43)6-14-38(32)45/h3-20H,1-2H3. The first-order chi connectivity index (χ1) is 21.7. The fourth-order valence-electron chi connectivity index (χ4n) is 7.48. The molecule has 0 bridgehead atoms. The third-order valence-corrected chi connectivity index (χ3v) is 11.5. The summed E-state index contributed by atoms with van der Waals surface area (Å²) in [5.41, 5.74) is 12.3. The molecule has 9 rings (SSSR count). The van der Waals surface area contributed by atoms with E-state index < -0.39 is 0 Å². The summed E-state index contributed by atoms with van der Waals surface area (Å²) in [4.78, 5) is 0. The smallest absolute Gasteiger partial charge is 0.0541 e. The van der Waals surface area contributed by atoms with E-state index in [1.807, 2.05) is 0 Å². The van der Waals surface area contributed by atoms with Gasteiger partial charge in [-0.25, -0.2) is 0 Å². The highest BCUT2D eigenvalue weighted by atomic mass is 79.9. The van der Waals surface area contributed by atoms with Crippen LogP contribution >= 0.6 is 63.7 Å². The Kier molecular flexibility index (Phi) is 6.19. The van der Waals surface area contributed by atoms with Crippen LogP contribution < -0.4 is 0 Å². The number of aromatic nitrogens is 2. The van der Waals surface area contributed by atoms with Gasteiger partial charge in [0.15, 0.2) is 0 Å². The fourth-order valence-corrected chi connectivity index (χ4v) is 8.93. The van der Waals surface area contributed by atoms with Crippen LogP contribution in [0.5, 0.6) is 0 Å². The normalized spacial score (nSPS) is 13.7. The van der Waals surface area contributed by atoms with Gasteiger partial charge in [-0.2, -0.15) is 0 Å². The van der Waals surface area contributed by atoms with Gasteiger partial charge in [0, 0.05) is 56.2 Å². The molecule has 1 aliphatic rings. The number of nitrogens with zero attached hydrogens (tertiary/aromatic N) is 2. The zero-order valence-electron chi connectivity index (χ0n) is 24.3. The minimum Gasteiger partial charge on any atom is -0.309 e. The first kappa shape index (κ1) is 28.1. The summed E-state index contributed by atoms with van der Waals surface area (Å²) in [7, 11) is 0. The van der Waals surface area contributed by atoms with Crippen LogP contribution in [-0.2, 0) is 5.41 Å². The molecule has 2 heterocycles. The lowest BCUT2D eigenvalue weighted by Gasteiger charge is -2.23. The molecule has 0 unspecified atom stereocenters. The number of rotatable bonds is 2. The van der Waals surface area contributed by atoms with E-state index in [-0.39, 0.29) is 5.41 Å².